The molecule has 3 aromatic rings. The van der Waals surface area contributed by atoms with Crippen LogP contribution in [0.4, 0.5) is 5.13 Å². The number of thiazole rings is 1. The van der Waals surface area contributed by atoms with Gasteiger partial charge in [0.05, 0.1) is 11.1 Å². The molecule has 2 heterocycles. The van der Waals surface area contributed by atoms with Crippen LogP contribution in [0.25, 0.3) is 11.4 Å². The lowest BCUT2D eigenvalue weighted by atomic mass is 9.95. The normalized spacial score (nSPS) is 15.1. The van der Waals surface area contributed by atoms with Crippen LogP contribution in [0, 0.1) is 0 Å². The Bertz CT molecular complexity index is 826. The zero-order valence-electron chi connectivity index (χ0n) is 12.4. The zero-order valence-corrected chi connectivity index (χ0v) is 13.2. The van der Waals surface area contributed by atoms with Gasteiger partial charge in [-0.3, -0.25) is 9.78 Å². The van der Waals surface area contributed by atoms with Gasteiger partial charge >= 0.3 is 0 Å². The summed E-state index contributed by atoms with van der Waals surface area (Å²) in [7, 11) is 0. The smallest absolute Gasteiger partial charge is 0.236 e. The maximum absolute atomic E-state index is 12.7. The number of pyridine rings is 1. The van der Waals surface area contributed by atoms with Gasteiger partial charge in [0.2, 0.25) is 5.91 Å². The molecule has 0 aliphatic heterocycles. The Kier molecular flexibility index (Phi) is 3.42. The van der Waals surface area contributed by atoms with Crippen molar-refractivity contribution in [3.63, 3.8) is 0 Å². The third kappa shape index (κ3) is 2.64. The first-order valence-electron chi connectivity index (χ1n) is 7.52. The van der Waals surface area contributed by atoms with Crippen molar-refractivity contribution in [2.45, 2.75) is 18.3 Å². The molecule has 2 aromatic heterocycles. The number of amides is 1. The second kappa shape index (κ2) is 5.59. The number of anilines is 1. The van der Waals surface area contributed by atoms with Gasteiger partial charge < -0.3 is 5.32 Å². The summed E-state index contributed by atoms with van der Waals surface area (Å²) in [5.41, 5.74) is 2.31. The Balaban J connectivity index is 1.53. The van der Waals surface area contributed by atoms with Crippen molar-refractivity contribution in [1.29, 1.82) is 0 Å². The van der Waals surface area contributed by atoms with Gasteiger partial charge in [-0.2, -0.15) is 0 Å². The zero-order chi connectivity index (χ0) is 15.7. The Hall–Kier alpha value is -2.53. The molecule has 23 heavy (non-hydrogen) atoms. The topological polar surface area (TPSA) is 54.9 Å². The van der Waals surface area contributed by atoms with Crippen LogP contribution >= 0.6 is 11.3 Å². The summed E-state index contributed by atoms with van der Waals surface area (Å²) < 4.78 is 0. The van der Waals surface area contributed by atoms with Gasteiger partial charge in [0, 0.05) is 11.6 Å². The van der Waals surface area contributed by atoms with E-state index in [-0.39, 0.29) is 11.3 Å². The number of hydrogen-bond donors (Lipinski definition) is 1. The van der Waals surface area contributed by atoms with Gasteiger partial charge in [0.15, 0.2) is 5.13 Å². The van der Waals surface area contributed by atoms with Gasteiger partial charge in [-0.05, 0) is 30.5 Å². The number of aromatic nitrogens is 2. The molecule has 114 valence electrons. The van der Waals surface area contributed by atoms with E-state index in [2.05, 4.69) is 15.3 Å². The highest BCUT2D eigenvalue weighted by Crippen LogP contribution is 2.49. The molecule has 0 saturated heterocycles. The molecule has 1 fully saturated rings. The molecule has 0 bridgehead atoms. The number of benzene rings is 1. The summed E-state index contributed by atoms with van der Waals surface area (Å²) >= 11 is 1.43. The van der Waals surface area contributed by atoms with Gasteiger partial charge in [0.25, 0.3) is 0 Å². The summed E-state index contributed by atoms with van der Waals surface area (Å²) in [6.45, 7) is 0. The highest BCUT2D eigenvalue weighted by atomic mass is 32.1. The molecule has 4 nitrogen and oxygen atoms in total. The highest BCUT2D eigenvalue weighted by molar-refractivity contribution is 7.14. The Morgan fingerprint density at radius 3 is 2.52 bits per heavy atom. The number of carbonyl (C=O) groups is 1. The van der Waals surface area contributed by atoms with Gasteiger partial charge in [-0.1, -0.05) is 36.4 Å². The van der Waals surface area contributed by atoms with E-state index in [1.165, 1.54) is 11.3 Å². The van der Waals surface area contributed by atoms with Crippen molar-refractivity contribution in [1.82, 2.24) is 9.97 Å². The average Bonchev–Trinajstić information content (AvgIpc) is 3.30. The SMILES string of the molecule is O=C(Nc1nc(-c2ccccn2)cs1)C1(c2ccccc2)CC1. The third-order valence-electron chi connectivity index (χ3n) is 4.16. The van der Waals surface area contributed by atoms with Crippen LogP contribution in [0.2, 0.25) is 0 Å². The fraction of sp³-hybridized carbons (Fsp3) is 0.167. The Morgan fingerprint density at radius 1 is 1.04 bits per heavy atom. The van der Waals surface area contributed by atoms with E-state index in [1.54, 1.807) is 6.20 Å². The number of hydrogen-bond acceptors (Lipinski definition) is 4. The maximum atomic E-state index is 12.7. The molecule has 1 aliphatic rings. The van der Waals surface area contributed by atoms with E-state index in [9.17, 15) is 4.79 Å². The van der Waals surface area contributed by atoms with Gasteiger partial charge in [0.1, 0.15) is 5.69 Å². The third-order valence-corrected chi connectivity index (χ3v) is 4.92. The molecule has 0 unspecified atom stereocenters. The largest absolute Gasteiger partial charge is 0.301 e. The van der Waals surface area contributed by atoms with E-state index in [4.69, 9.17) is 0 Å². The predicted octanol–water partition coefficient (Wildman–Crippen LogP) is 3.88. The highest BCUT2D eigenvalue weighted by Gasteiger charge is 2.51. The first-order valence-corrected chi connectivity index (χ1v) is 8.40. The standard InChI is InChI=1S/C18H15N3OS/c22-16(18(9-10-18)13-6-2-1-3-7-13)21-17-20-15(12-23-17)14-8-4-5-11-19-14/h1-8,11-12H,9-10H2,(H,20,21,22). The molecule has 4 rings (SSSR count). The summed E-state index contributed by atoms with van der Waals surface area (Å²) in [6, 6.07) is 15.7. The minimum absolute atomic E-state index is 0.0330. The minimum atomic E-state index is -0.377. The number of carbonyl (C=O) groups excluding carboxylic acids is 1. The van der Waals surface area contributed by atoms with E-state index < -0.39 is 0 Å². The van der Waals surface area contributed by atoms with Crippen molar-refractivity contribution in [2.24, 2.45) is 0 Å². The second-order valence-corrected chi connectivity index (χ2v) is 6.51. The van der Waals surface area contributed by atoms with Crippen molar-refractivity contribution in [2.75, 3.05) is 5.32 Å². The monoisotopic (exact) mass is 321 g/mol. The summed E-state index contributed by atoms with van der Waals surface area (Å²) in [6.07, 6.45) is 3.52. The lowest BCUT2D eigenvalue weighted by Gasteiger charge is -2.14. The molecule has 1 aliphatic carbocycles. The lowest BCUT2D eigenvalue weighted by Crippen LogP contribution is -2.27. The molecule has 0 atom stereocenters. The molecule has 1 saturated carbocycles. The van der Waals surface area contributed by atoms with E-state index in [0.717, 1.165) is 29.8 Å². The molecule has 5 heteroatoms. The quantitative estimate of drug-likeness (QED) is 0.793. The Morgan fingerprint density at radius 2 is 1.83 bits per heavy atom. The van der Waals surface area contributed by atoms with Crippen molar-refractivity contribution < 1.29 is 4.79 Å². The van der Waals surface area contributed by atoms with Crippen LogP contribution in [0.1, 0.15) is 18.4 Å². The maximum Gasteiger partial charge on any atom is 0.236 e. The molecular weight excluding hydrogens is 306 g/mol. The van der Waals surface area contributed by atoms with Crippen LogP contribution in [0.15, 0.2) is 60.1 Å². The summed E-state index contributed by atoms with van der Waals surface area (Å²) in [4.78, 5) is 21.4. The molecule has 1 amide bonds. The van der Waals surface area contributed by atoms with Crippen LogP contribution in [0.5, 0.6) is 0 Å². The van der Waals surface area contributed by atoms with Crippen LogP contribution in [0.3, 0.4) is 0 Å². The Labute approximate surface area is 138 Å². The van der Waals surface area contributed by atoms with Crippen LogP contribution in [-0.2, 0) is 10.2 Å². The molecule has 0 spiro atoms. The van der Waals surface area contributed by atoms with Crippen molar-refractivity contribution >= 4 is 22.4 Å². The van der Waals surface area contributed by atoms with Crippen molar-refractivity contribution in [3.05, 3.63) is 65.7 Å². The number of nitrogens with zero attached hydrogens (tertiary/aromatic N) is 2. The van der Waals surface area contributed by atoms with Gasteiger partial charge in [-0.15, -0.1) is 11.3 Å². The number of nitrogens with one attached hydrogen (secondary N) is 1. The van der Waals surface area contributed by atoms with E-state index in [1.807, 2.05) is 53.9 Å². The summed E-state index contributed by atoms with van der Waals surface area (Å²) in [5.74, 6) is 0.0330. The van der Waals surface area contributed by atoms with E-state index >= 15 is 0 Å². The fourth-order valence-corrected chi connectivity index (χ4v) is 3.41. The number of rotatable bonds is 4. The minimum Gasteiger partial charge on any atom is -0.301 e. The first-order chi connectivity index (χ1) is 11.3. The molecule has 1 aromatic carbocycles. The van der Waals surface area contributed by atoms with Crippen LogP contribution in [-0.4, -0.2) is 15.9 Å². The first kappa shape index (κ1) is 14.1. The average molecular weight is 321 g/mol. The second-order valence-electron chi connectivity index (χ2n) is 5.66. The molecular formula is C18H15N3OS. The fourth-order valence-electron chi connectivity index (χ4n) is 2.71. The van der Waals surface area contributed by atoms with Crippen LogP contribution < -0.4 is 5.32 Å². The van der Waals surface area contributed by atoms with E-state index in [0.29, 0.717) is 5.13 Å². The molecule has 0 radical (unpaired) electrons. The summed E-state index contributed by atoms with van der Waals surface area (Å²) in [5, 5.41) is 5.51. The predicted molar refractivity (Wildman–Crippen MR) is 91.3 cm³/mol. The van der Waals surface area contributed by atoms with Crippen molar-refractivity contribution in [3.8, 4) is 11.4 Å². The molecule has 1 N–H and O–H groups in total. The van der Waals surface area contributed by atoms with Gasteiger partial charge in [-0.25, -0.2) is 4.98 Å². The lowest BCUT2D eigenvalue weighted by molar-refractivity contribution is -0.118.